The lowest BCUT2D eigenvalue weighted by Crippen LogP contribution is -2.42. The lowest BCUT2D eigenvalue weighted by Gasteiger charge is -2.31. The molecule has 2 rings (SSSR count). The second kappa shape index (κ2) is 8.04. The number of carbonyl (C=O) groups is 2. The van der Waals surface area contributed by atoms with E-state index in [1.165, 1.54) is 0 Å². The Bertz CT molecular complexity index is 595. The van der Waals surface area contributed by atoms with Crippen molar-refractivity contribution < 1.29 is 19.1 Å². The van der Waals surface area contributed by atoms with Gasteiger partial charge in [0.1, 0.15) is 0 Å². The minimum atomic E-state index is -0.122. The molecule has 24 heavy (non-hydrogen) atoms. The summed E-state index contributed by atoms with van der Waals surface area (Å²) in [6.45, 7) is 4.82. The fraction of sp³-hybridized carbons (Fsp3) is 0.556. The Hall–Kier alpha value is -2.24. The highest BCUT2D eigenvalue weighted by atomic mass is 16.5. The number of benzene rings is 1. The van der Waals surface area contributed by atoms with Gasteiger partial charge in [0.25, 0.3) is 0 Å². The van der Waals surface area contributed by atoms with Gasteiger partial charge in [0.2, 0.25) is 11.8 Å². The average molecular weight is 334 g/mol. The quantitative estimate of drug-likeness (QED) is 0.896. The Morgan fingerprint density at radius 3 is 2.33 bits per heavy atom. The molecule has 1 aliphatic heterocycles. The van der Waals surface area contributed by atoms with Gasteiger partial charge in [-0.05, 0) is 37.5 Å². The van der Waals surface area contributed by atoms with Crippen molar-refractivity contribution in [3.63, 3.8) is 0 Å². The molecule has 1 aromatic rings. The van der Waals surface area contributed by atoms with Gasteiger partial charge in [0, 0.05) is 25.9 Å². The van der Waals surface area contributed by atoms with Crippen molar-refractivity contribution >= 4 is 11.8 Å². The number of ether oxygens (including phenoxy) is 2. The number of hydrogen-bond donors (Lipinski definition) is 1. The third-order valence-electron chi connectivity index (χ3n) is 4.58. The van der Waals surface area contributed by atoms with E-state index in [1.807, 2.05) is 25.1 Å². The first kappa shape index (κ1) is 18.1. The maximum Gasteiger partial charge on any atom is 0.223 e. The largest absolute Gasteiger partial charge is 0.493 e. The number of nitrogens with one attached hydrogen (secondary N) is 1. The van der Waals surface area contributed by atoms with Crippen molar-refractivity contribution in [3.8, 4) is 11.5 Å². The van der Waals surface area contributed by atoms with Crippen LogP contribution in [0.3, 0.4) is 0 Å². The summed E-state index contributed by atoms with van der Waals surface area (Å²) in [7, 11) is 3.18. The van der Waals surface area contributed by atoms with Crippen LogP contribution < -0.4 is 14.8 Å². The number of rotatable bonds is 5. The van der Waals surface area contributed by atoms with Crippen molar-refractivity contribution in [1.29, 1.82) is 0 Å². The van der Waals surface area contributed by atoms with E-state index in [0.717, 1.165) is 5.56 Å². The molecule has 1 unspecified atom stereocenters. The summed E-state index contributed by atoms with van der Waals surface area (Å²) in [5.74, 6) is 1.39. The van der Waals surface area contributed by atoms with Crippen molar-refractivity contribution in [1.82, 2.24) is 10.2 Å². The minimum Gasteiger partial charge on any atom is -0.493 e. The third kappa shape index (κ3) is 4.19. The van der Waals surface area contributed by atoms with Gasteiger partial charge in [-0.1, -0.05) is 6.07 Å². The number of nitrogens with zero attached hydrogens (tertiary/aromatic N) is 1. The van der Waals surface area contributed by atoms with Crippen LogP contribution in [-0.2, 0) is 9.59 Å². The number of likely N-dealkylation sites (tertiary alicyclic amines) is 1. The molecular formula is C18H26N2O4. The first-order chi connectivity index (χ1) is 11.5. The van der Waals surface area contributed by atoms with Gasteiger partial charge in [-0.3, -0.25) is 9.59 Å². The summed E-state index contributed by atoms with van der Waals surface area (Å²) in [4.78, 5) is 25.6. The first-order valence-electron chi connectivity index (χ1n) is 8.24. The second-order valence-corrected chi connectivity index (χ2v) is 6.13. The number of carbonyl (C=O) groups excluding carboxylic acids is 2. The second-order valence-electron chi connectivity index (χ2n) is 6.13. The lowest BCUT2D eigenvalue weighted by molar-refractivity contribution is -0.134. The topological polar surface area (TPSA) is 67.9 Å². The summed E-state index contributed by atoms with van der Waals surface area (Å²) in [6, 6.07) is 5.51. The molecule has 1 fully saturated rings. The third-order valence-corrected chi connectivity index (χ3v) is 4.58. The molecule has 1 aliphatic rings. The van der Waals surface area contributed by atoms with Crippen LogP contribution in [0.5, 0.6) is 11.5 Å². The molecule has 1 aromatic carbocycles. The molecule has 6 heteroatoms. The molecule has 0 aliphatic carbocycles. The molecule has 0 saturated carbocycles. The predicted molar refractivity (Wildman–Crippen MR) is 91.1 cm³/mol. The van der Waals surface area contributed by atoms with E-state index in [9.17, 15) is 9.59 Å². The fourth-order valence-corrected chi connectivity index (χ4v) is 2.99. The smallest absolute Gasteiger partial charge is 0.223 e. The van der Waals surface area contributed by atoms with Crippen LogP contribution in [-0.4, -0.2) is 44.0 Å². The van der Waals surface area contributed by atoms with Crippen LogP contribution in [0, 0.1) is 5.92 Å². The predicted octanol–water partition coefficient (Wildman–Crippen LogP) is 2.14. The van der Waals surface area contributed by atoms with Gasteiger partial charge in [0.15, 0.2) is 11.5 Å². The zero-order valence-corrected chi connectivity index (χ0v) is 14.8. The van der Waals surface area contributed by atoms with Crippen LogP contribution in [0.1, 0.15) is 38.3 Å². The van der Waals surface area contributed by atoms with Crippen LogP contribution >= 0.6 is 0 Å². The molecule has 6 nitrogen and oxygen atoms in total. The van der Waals surface area contributed by atoms with Gasteiger partial charge in [-0.25, -0.2) is 0 Å². The normalized spacial score (nSPS) is 16.4. The van der Waals surface area contributed by atoms with Crippen molar-refractivity contribution in [2.75, 3.05) is 27.3 Å². The Morgan fingerprint density at radius 2 is 1.79 bits per heavy atom. The average Bonchev–Trinajstić information content (AvgIpc) is 2.60. The molecule has 1 saturated heterocycles. The van der Waals surface area contributed by atoms with Gasteiger partial charge >= 0.3 is 0 Å². The highest BCUT2D eigenvalue weighted by molar-refractivity contribution is 5.80. The zero-order chi connectivity index (χ0) is 17.7. The van der Waals surface area contributed by atoms with E-state index in [0.29, 0.717) is 37.4 Å². The van der Waals surface area contributed by atoms with Crippen LogP contribution in [0.15, 0.2) is 18.2 Å². The van der Waals surface area contributed by atoms with Crippen LogP contribution in [0.4, 0.5) is 0 Å². The van der Waals surface area contributed by atoms with Crippen molar-refractivity contribution in [2.24, 2.45) is 5.92 Å². The van der Waals surface area contributed by atoms with E-state index in [4.69, 9.17) is 9.47 Å². The van der Waals surface area contributed by atoms with Crippen LogP contribution in [0.25, 0.3) is 0 Å². The van der Waals surface area contributed by atoms with E-state index in [-0.39, 0.29) is 23.8 Å². The van der Waals surface area contributed by atoms with E-state index in [2.05, 4.69) is 5.32 Å². The molecule has 0 bridgehead atoms. The molecule has 2 amide bonds. The maximum absolute atomic E-state index is 12.5. The molecule has 0 radical (unpaired) electrons. The van der Waals surface area contributed by atoms with Gasteiger partial charge in [-0.2, -0.15) is 0 Å². The molecule has 0 spiro atoms. The number of methoxy groups -OCH3 is 2. The van der Waals surface area contributed by atoms with E-state index >= 15 is 0 Å². The monoisotopic (exact) mass is 334 g/mol. The molecular weight excluding hydrogens is 308 g/mol. The van der Waals surface area contributed by atoms with Gasteiger partial charge < -0.3 is 19.7 Å². The zero-order valence-electron chi connectivity index (χ0n) is 14.8. The number of amides is 2. The molecule has 0 aromatic heterocycles. The Morgan fingerprint density at radius 1 is 1.17 bits per heavy atom. The Labute approximate surface area is 143 Å². The Balaban J connectivity index is 1.96. The van der Waals surface area contributed by atoms with Crippen molar-refractivity contribution in [3.05, 3.63) is 23.8 Å². The van der Waals surface area contributed by atoms with E-state index in [1.54, 1.807) is 26.0 Å². The summed E-state index contributed by atoms with van der Waals surface area (Å²) >= 11 is 0. The van der Waals surface area contributed by atoms with Crippen molar-refractivity contribution in [2.45, 2.75) is 32.7 Å². The first-order valence-corrected chi connectivity index (χ1v) is 8.24. The molecule has 1 heterocycles. The summed E-state index contributed by atoms with van der Waals surface area (Å²) in [5.41, 5.74) is 0.960. The fourth-order valence-electron chi connectivity index (χ4n) is 2.99. The summed E-state index contributed by atoms with van der Waals surface area (Å²) in [6.07, 6.45) is 1.42. The van der Waals surface area contributed by atoms with E-state index < -0.39 is 0 Å². The van der Waals surface area contributed by atoms with Gasteiger partial charge in [-0.15, -0.1) is 0 Å². The van der Waals surface area contributed by atoms with Gasteiger partial charge in [0.05, 0.1) is 20.3 Å². The lowest BCUT2D eigenvalue weighted by atomic mass is 9.95. The standard InChI is InChI=1S/C18H26N2O4/c1-12(15-5-6-16(23-3)17(11-15)24-4)19-18(22)14-7-9-20(10-8-14)13(2)21/h5-6,11-12,14H,7-10H2,1-4H3,(H,19,22). The van der Waals surface area contributed by atoms with Crippen LogP contribution in [0.2, 0.25) is 0 Å². The molecule has 132 valence electrons. The number of hydrogen-bond acceptors (Lipinski definition) is 4. The highest BCUT2D eigenvalue weighted by Gasteiger charge is 2.27. The molecule has 1 atom stereocenters. The summed E-state index contributed by atoms with van der Waals surface area (Å²) < 4.78 is 10.5. The summed E-state index contributed by atoms with van der Waals surface area (Å²) in [5, 5.41) is 3.06. The Kier molecular flexibility index (Phi) is 6.06. The minimum absolute atomic E-state index is 0.0387. The molecule has 1 N–H and O–H groups in total. The number of piperidine rings is 1. The highest BCUT2D eigenvalue weighted by Crippen LogP contribution is 2.30. The maximum atomic E-state index is 12.5. The SMILES string of the molecule is COc1ccc(C(C)NC(=O)C2CCN(C(C)=O)CC2)cc1OC.